The van der Waals surface area contributed by atoms with Crippen molar-refractivity contribution in [3.8, 4) is 22.3 Å². The van der Waals surface area contributed by atoms with Gasteiger partial charge < -0.3 is 9.80 Å². The molecule has 61 heavy (non-hydrogen) atoms. The van der Waals surface area contributed by atoms with Crippen molar-refractivity contribution >= 4 is 66.8 Å². The largest absolute Gasteiger partial charge is 0.333 e. The molecule has 2 nitrogen and oxygen atoms in total. The van der Waals surface area contributed by atoms with E-state index in [0.717, 1.165) is 23.5 Å². The zero-order valence-electron chi connectivity index (χ0n) is 34.1. The minimum Gasteiger partial charge on any atom is -0.333 e. The van der Waals surface area contributed by atoms with Crippen molar-refractivity contribution in [1.82, 2.24) is 0 Å². The highest BCUT2D eigenvalue weighted by atomic mass is 15.2. The molecule has 0 fully saturated rings. The highest BCUT2D eigenvalue weighted by Gasteiger charge is 2.37. The summed E-state index contributed by atoms with van der Waals surface area (Å²) in [5, 5.41) is 7.71. The second-order valence-electron chi connectivity index (χ2n) is 16.9. The lowest BCUT2D eigenvalue weighted by molar-refractivity contribution is 0.745. The van der Waals surface area contributed by atoms with E-state index in [-0.39, 0.29) is 6.04 Å². The summed E-state index contributed by atoms with van der Waals surface area (Å²) in [6, 6.07) is 67.8. The number of fused-ring (bicyclic) bond motifs is 9. The van der Waals surface area contributed by atoms with Crippen molar-refractivity contribution in [2.45, 2.75) is 31.2 Å². The van der Waals surface area contributed by atoms with Gasteiger partial charge in [-0.2, -0.15) is 0 Å². The Morgan fingerprint density at radius 3 is 1.80 bits per heavy atom. The van der Waals surface area contributed by atoms with Crippen molar-refractivity contribution in [3.63, 3.8) is 0 Å². The average Bonchev–Trinajstić information content (AvgIpc) is 3.66. The van der Waals surface area contributed by atoms with Gasteiger partial charge in [0, 0.05) is 34.4 Å². The molecule has 0 radical (unpaired) electrons. The fourth-order valence-corrected chi connectivity index (χ4v) is 10.5. The van der Waals surface area contributed by atoms with Gasteiger partial charge in [0.1, 0.15) is 0 Å². The molecule has 0 aromatic heterocycles. The monoisotopic (exact) mass is 780 g/mol. The number of anilines is 5. The van der Waals surface area contributed by atoms with Crippen LogP contribution in [0.3, 0.4) is 0 Å². The third kappa shape index (κ3) is 5.85. The summed E-state index contributed by atoms with van der Waals surface area (Å²) in [6.07, 6.45) is 14.8. The number of para-hydroxylation sites is 1. The Labute approximate surface area is 357 Å². The first-order valence-corrected chi connectivity index (χ1v) is 21.6. The topological polar surface area (TPSA) is 6.48 Å². The first-order valence-electron chi connectivity index (χ1n) is 21.6. The van der Waals surface area contributed by atoms with Crippen LogP contribution in [0.15, 0.2) is 212 Å². The minimum absolute atomic E-state index is 0.259. The molecule has 0 saturated carbocycles. The number of hydrogen-bond donors (Lipinski definition) is 0. The molecule has 1 heterocycles. The number of nitrogens with zero attached hydrogens (tertiary/aromatic N) is 2. The van der Waals surface area contributed by atoms with Gasteiger partial charge in [-0.3, -0.25) is 0 Å². The van der Waals surface area contributed by atoms with Gasteiger partial charge in [-0.25, -0.2) is 0 Å². The van der Waals surface area contributed by atoms with Crippen LogP contribution >= 0.6 is 0 Å². The van der Waals surface area contributed by atoms with Crippen molar-refractivity contribution < 1.29 is 0 Å². The van der Waals surface area contributed by atoms with Crippen molar-refractivity contribution in [2.24, 2.45) is 0 Å². The zero-order valence-corrected chi connectivity index (χ0v) is 34.1. The predicted octanol–water partition coefficient (Wildman–Crippen LogP) is 16.2. The molecular weight excluding hydrogens is 737 g/mol. The molecule has 3 unspecified atom stereocenters. The van der Waals surface area contributed by atoms with E-state index in [1.807, 2.05) is 0 Å². The number of benzene rings is 9. The van der Waals surface area contributed by atoms with Gasteiger partial charge in [-0.05, 0) is 150 Å². The first kappa shape index (κ1) is 35.5. The van der Waals surface area contributed by atoms with E-state index in [9.17, 15) is 0 Å². The standard InChI is InChI=1S/C59H44N2/c1-39-13-12-22-54-49-17-5-3-15-43(49)38-56(59(39)54)41-27-31-45(32-28-41)60(46-33-35-47(36-34-46)61-57-23-10-8-20-52(57)53-21-9-11-24-58(53)61)44-29-25-40(26-30-44)55-37-42-14-2-4-16-48(42)50-18-6-7-19-51(50)55/h2-12,14-39,52,57H,13H2,1H3. The van der Waals surface area contributed by atoms with Crippen LogP contribution in [-0.2, 0) is 0 Å². The summed E-state index contributed by atoms with van der Waals surface area (Å²) in [5.74, 6) is 0.798. The summed E-state index contributed by atoms with van der Waals surface area (Å²) in [6.45, 7) is 2.37. The molecule has 2 aliphatic carbocycles. The van der Waals surface area contributed by atoms with Crippen LogP contribution in [0.1, 0.15) is 41.9 Å². The second-order valence-corrected chi connectivity index (χ2v) is 16.9. The van der Waals surface area contributed by atoms with Crippen LogP contribution in [-0.4, -0.2) is 6.04 Å². The van der Waals surface area contributed by atoms with E-state index in [1.54, 1.807) is 0 Å². The summed E-state index contributed by atoms with van der Waals surface area (Å²) < 4.78 is 0. The Bertz CT molecular complexity index is 3240. The van der Waals surface area contributed by atoms with E-state index in [4.69, 9.17) is 0 Å². The second kappa shape index (κ2) is 14.4. The third-order valence-corrected chi connectivity index (χ3v) is 13.4. The Morgan fingerprint density at radius 2 is 1.07 bits per heavy atom. The first-order chi connectivity index (χ1) is 30.2. The summed E-state index contributed by atoms with van der Waals surface area (Å²) in [4.78, 5) is 4.91. The quantitative estimate of drug-likeness (QED) is 0.155. The summed E-state index contributed by atoms with van der Waals surface area (Å²) in [5.41, 5.74) is 15.1. The van der Waals surface area contributed by atoms with Crippen molar-refractivity contribution in [2.75, 3.05) is 9.80 Å². The molecule has 0 bridgehead atoms. The highest BCUT2D eigenvalue weighted by Crippen LogP contribution is 2.49. The molecule has 3 aliphatic rings. The number of allylic oxidation sites excluding steroid dienone is 3. The van der Waals surface area contributed by atoms with Gasteiger partial charge in [-0.1, -0.05) is 159 Å². The fourth-order valence-electron chi connectivity index (χ4n) is 10.5. The van der Waals surface area contributed by atoms with Crippen LogP contribution in [0.4, 0.5) is 28.4 Å². The van der Waals surface area contributed by atoms with Crippen LogP contribution < -0.4 is 9.80 Å². The Kier molecular flexibility index (Phi) is 8.38. The molecule has 9 aromatic carbocycles. The van der Waals surface area contributed by atoms with Gasteiger partial charge in [0.15, 0.2) is 0 Å². The smallest absolute Gasteiger partial charge is 0.0629 e. The Morgan fingerprint density at radius 1 is 0.508 bits per heavy atom. The fraction of sp³-hybridized carbons (Fsp3) is 0.0847. The van der Waals surface area contributed by atoms with Gasteiger partial charge in [0.2, 0.25) is 0 Å². The van der Waals surface area contributed by atoms with Crippen LogP contribution in [0.5, 0.6) is 0 Å². The Hall–Kier alpha value is -7.42. The zero-order chi connectivity index (χ0) is 40.4. The normalized spacial score (nSPS) is 17.5. The average molecular weight is 781 g/mol. The third-order valence-electron chi connectivity index (χ3n) is 13.4. The molecule has 12 rings (SSSR count). The lowest BCUT2D eigenvalue weighted by atomic mass is 9.80. The number of hydrogen-bond acceptors (Lipinski definition) is 2. The van der Waals surface area contributed by atoms with Gasteiger partial charge in [0.05, 0.1) is 6.04 Å². The lowest BCUT2D eigenvalue weighted by Gasteiger charge is -2.30. The van der Waals surface area contributed by atoms with Crippen molar-refractivity contribution in [1.29, 1.82) is 0 Å². The van der Waals surface area contributed by atoms with Gasteiger partial charge >= 0.3 is 0 Å². The maximum Gasteiger partial charge on any atom is 0.0629 e. The van der Waals surface area contributed by atoms with Gasteiger partial charge in [-0.15, -0.1) is 0 Å². The molecular formula is C59H44N2. The van der Waals surface area contributed by atoms with Gasteiger partial charge in [0.25, 0.3) is 0 Å². The van der Waals surface area contributed by atoms with Crippen LogP contribution in [0.2, 0.25) is 0 Å². The predicted molar refractivity (Wildman–Crippen MR) is 260 cm³/mol. The summed E-state index contributed by atoms with van der Waals surface area (Å²) in [7, 11) is 0. The molecule has 0 amide bonds. The minimum atomic E-state index is 0.259. The van der Waals surface area contributed by atoms with E-state index in [0.29, 0.717) is 11.8 Å². The van der Waals surface area contributed by atoms with Crippen LogP contribution in [0.25, 0.3) is 60.6 Å². The molecule has 0 saturated heterocycles. The molecule has 1 aliphatic heterocycles. The molecule has 2 heteroatoms. The van der Waals surface area contributed by atoms with E-state index in [1.165, 1.54) is 82.6 Å². The van der Waals surface area contributed by atoms with E-state index >= 15 is 0 Å². The molecule has 3 atom stereocenters. The number of rotatable bonds is 6. The molecule has 0 spiro atoms. The molecule has 9 aromatic rings. The Balaban J connectivity index is 0.964. The lowest BCUT2D eigenvalue weighted by Crippen LogP contribution is -2.28. The van der Waals surface area contributed by atoms with E-state index in [2.05, 4.69) is 235 Å². The van der Waals surface area contributed by atoms with E-state index < -0.39 is 0 Å². The van der Waals surface area contributed by atoms with Crippen molar-refractivity contribution in [3.05, 3.63) is 229 Å². The maximum atomic E-state index is 2.51. The maximum absolute atomic E-state index is 2.51. The summed E-state index contributed by atoms with van der Waals surface area (Å²) >= 11 is 0. The van der Waals surface area contributed by atoms with Crippen LogP contribution in [0, 0.1) is 0 Å². The molecule has 290 valence electrons. The molecule has 0 N–H and O–H groups in total. The highest BCUT2D eigenvalue weighted by molar-refractivity contribution is 6.13. The SMILES string of the molecule is CC1CC=Cc2c1c(-c1ccc(N(c3ccc(-c4cc5ccccc5c5ccccc45)cc3)c3ccc(N4c5ccccc5C5C=CC=CC54)cc3)cc1)cc1ccccc21.